The first kappa shape index (κ1) is 32.4. The standard InChI is InChI=1S/C15H14ClN5O4S.2C2HF3O2/c1-2-7-10(16)9-11(17-7)19-14(20-12(9)21-3-6(22)4-21)26-15-18-8(5-25-15)13(23)24;2*3-2(4,5)1(6)7/h5-6,22H,2-4H2,1H3,(H,23,24)(H,17,19,20);2*(H,6,7). The highest BCUT2D eigenvalue weighted by atomic mass is 35.5. The maximum Gasteiger partial charge on any atom is 0.490 e. The fourth-order valence-electron chi connectivity index (χ4n) is 2.70. The molecule has 0 radical (unpaired) electrons. The average Bonchev–Trinajstić information content (AvgIpc) is 3.40. The van der Waals surface area contributed by atoms with E-state index in [0.29, 0.717) is 46.5 Å². The number of rotatable bonds is 5. The smallest absolute Gasteiger partial charge is 0.476 e. The molecule has 1 saturated heterocycles. The number of H-pyrrole nitrogens is 1. The number of nitrogens with one attached hydrogen (secondary N) is 1. The first-order chi connectivity index (χ1) is 18.3. The number of aliphatic carboxylic acids is 2. The molecule has 1 aliphatic heterocycles. The number of carboxylic acids is 3. The molecule has 13 nitrogen and oxygen atoms in total. The maximum absolute atomic E-state index is 10.9. The molecule has 0 spiro atoms. The normalized spacial score (nSPS) is 13.6. The molecule has 0 aliphatic carbocycles. The number of aryl methyl sites for hydroxylation is 1. The number of alkyl halides is 6. The number of nitrogens with zero attached hydrogens (tertiary/aromatic N) is 4. The van der Waals surface area contributed by atoms with Crippen LogP contribution in [-0.4, -0.2) is 89.8 Å². The number of hydrogen-bond donors (Lipinski definition) is 5. The number of aliphatic hydroxyl groups excluding tert-OH is 1. The van der Waals surface area contributed by atoms with Crippen molar-refractivity contribution in [3.8, 4) is 0 Å². The molecule has 4 rings (SSSR count). The fraction of sp³-hybridized carbons (Fsp3) is 0.368. The lowest BCUT2D eigenvalue weighted by Crippen LogP contribution is -2.51. The Morgan fingerprint density at radius 1 is 1.07 bits per heavy atom. The van der Waals surface area contributed by atoms with Gasteiger partial charge in [0.2, 0.25) is 5.16 Å². The van der Waals surface area contributed by atoms with Crippen LogP contribution in [0.3, 0.4) is 0 Å². The van der Waals surface area contributed by atoms with Gasteiger partial charge in [0.15, 0.2) is 5.69 Å². The second-order valence-electron chi connectivity index (χ2n) is 7.39. The second-order valence-corrected chi connectivity index (χ2v) is 8.69. The lowest BCUT2D eigenvalue weighted by atomic mass is 10.1. The van der Waals surface area contributed by atoms with Gasteiger partial charge < -0.3 is 34.7 Å². The van der Waals surface area contributed by atoms with Crippen molar-refractivity contribution >= 4 is 58.1 Å². The van der Waals surface area contributed by atoms with E-state index in [9.17, 15) is 36.2 Å². The second kappa shape index (κ2) is 12.6. The highest BCUT2D eigenvalue weighted by molar-refractivity contribution is 7.98. The summed E-state index contributed by atoms with van der Waals surface area (Å²) in [5.41, 5.74) is 1.24. The Labute approximate surface area is 226 Å². The van der Waals surface area contributed by atoms with E-state index in [1.54, 1.807) is 0 Å². The largest absolute Gasteiger partial charge is 0.490 e. The van der Waals surface area contributed by atoms with E-state index >= 15 is 0 Å². The number of carbonyl (C=O) groups is 3. The van der Waals surface area contributed by atoms with Crippen LogP contribution in [0.15, 0.2) is 21.1 Å². The minimum absolute atomic E-state index is 0.129. The van der Waals surface area contributed by atoms with E-state index in [4.69, 9.17) is 40.9 Å². The molecule has 0 aromatic carbocycles. The number of carboxylic acid groups (broad SMARTS) is 3. The molecular formula is C19H16ClF6N5O8S. The molecule has 0 bridgehead atoms. The van der Waals surface area contributed by atoms with Gasteiger partial charge >= 0.3 is 30.3 Å². The summed E-state index contributed by atoms with van der Waals surface area (Å²) in [5, 5.41) is 34.6. The zero-order chi connectivity index (χ0) is 30.6. The Morgan fingerprint density at radius 2 is 1.60 bits per heavy atom. The molecule has 1 fully saturated rings. The lowest BCUT2D eigenvalue weighted by Gasteiger charge is -2.37. The third kappa shape index (κ3) is 8.36. The number of fused-ring (bicyclic) bond motifs is 1. The zero-order valence-electron chi connectivity index (χ0n) is 19.5. The van der Waals surface area contributed by atoms with Gasteiger partial charge in [0.25, 0.3) is 5.22 Å². The first-order valence-electron chi connectivity index (χ1n) is 10.3. The van der Waals surface area contributed by atoms with Gasteiger partial charge in [0, 0.05) is 30.5 Å². The molecule has 5 N–H and O–H groups in total. The predicted molar refractivity (Wildman–Crippen MR) is 121 cm³/mol. The van der Waals surface area contributed by atoms with Crippen molar-refractivity contribution in [1.29, 1.82) is 0 Å². The summed E-state index contributed by atoms with van der Waals surface area (Å²) in [7, 11) is 0. The maximum atomic E-state index is 10.9. The molecule has 0 saturated carbocycles. The van der Waals surface area contributed by atoms with Gasteiger partial charge in [-0.1, -0.05) is 18.5 Å². The van der Waals surface area contributed by atoms with Gasteiger partial charge in [-0.05, 0) is 6.42 Å². The van der Waals surface area contributed by atoms with Crippen LogP contribution in [0.1, 0.15) is 23.1 Å². The summed E-state index contributed by atoms with van der Waals surface area (Å²) in [4.78, 5) is 46.7. The van der Waals surface area contributed by atoms with E-state index in [0.717, 1.165) is 23.7 Å². The number of aromatic carboxylic acids is 1. The van der Waals surface area contributed by atoms with Crippen LogP contribution < -0.4 is 4.90 Å². The lowest BCUT2D eigenvalue weighted by molar-refractivity contribution is -0.193. The fourth-order valence-corrected chi connectivity index (χ4v) is 3.72. The van der Waals surface area contributed by atoms with Crippen molar-refractivity contribution in [2.45, 2.75) is 42.2 Å². The highest BCUT2D eigenvalue weighted by Gasteiger charge is 2.39. The Morgan fingerprint density at radius 3 is 2.00 bits per heavy atom. The van der Waals surface area contributed by atoms with Crippen molar-refractivity contribution in [2.24, 2.45) is 0 Å². The van der Waals surface area contributed by atoms with Crippen LogP contribution in [0.5, 0.6) is 0 Å². The summed E-state index contributed by atoms with van der Waals surface area (Å²) in [6.45, 7) is 2.90. The van der Waals surface area contributed by atoms with Crippen molar-refractivity contribution in [3.05, 3.63) is 22.7 Å². The number of anilines is 1. The van der Waals surface area contributed by atoms with E-state index in [1.807, 2.05) is 11.8 Å². The summed E-state index contributed by atoms with van der Waals surface area (Å²) in [6.07, 6.45) is -8.79. The van der Waals surface area contributed by atoms with Crippen LogP contribution in [0.2, 0.25) is 5.02 Å². The van der Waals surface area contributed by atoms with Crippen LogP contribution in [0, 0.1) is 0 Å². The van der Waals surface area contributed by atoms with E-state index in [1.165, 1.54) is 0 Å². The zero-order valence-corrected chi connectivity index (χ0v) is 21.1. The summed E-state index contributed by atoms with van der Waals surface area (Å²) >= 11 is 7.49. The average molecular weight is 624 g/mol. The Balaban J connectivity index is 0.000000333. The summed E-state index contributed by atoms with van der Waals surface area (Å²) in [6, 6.07) is 0. The number of aromatic nitrogens is 4. The van der Waals surface area contributed by atoms with E-state index in [2.05, 4.69) is 19.9 Å². The van der Waals surface area contributed by atoms with Crippen molar-refractivity contribution in [1.82, 2.24) is 19.9 Å². The molecule has 4 heterocycles. The highest BCUT2D eigenvalue weighted by Crippen LogP contribution is 2.37. The number of β-amino-alcohol motifs (C(OH)–C–C–N with tert-alkyl or cyclic N) is 1. The molecular weight excluding hydrogens is 608 g/mol. The van der Waals surface area contributed by atoms with Crippen LogP contribution >= 0.6 is 23.4 Å². The molecule has 40 heavy (non-hydrogen) atoms. The number of hydrogen-bond acceptors (Lipinski definition) is 10. The SMILES string of the molecule is CCc1[nH]c2nc(Sc3nc(C(=O)O)co3)nc(N3CC(O)C3)c2c1Cl.O=C(O)C(F)(F)F.O=C(O)C(F)(F)F. The van der Waals surface area contributed by atoms with Gasteiger partial charge in [-0.2, -0.15) is 31.3 Å². The van der Waals surface area contributed by atoms with Gasteiger partial charge in [0.05, 0.1) is 16.5 Å². The monoisotopic (exact) mass is 623 g/mol. The van der Waals surface area contributed by atoms with Crippen LogP contribution in [0.25, 0.3) is 11.0 Å². The number of aromatic amines is 1. The third-order valence-corrected chi connectivity index (χ3v) is 5.65. The number of aliphatic hydroxyl groups is 1. The van der Waals surface area contributed by atoms with Crippen molar-refractivity contribution in [3.63, 3.8) is 0 Å². The number of halogens is 7. The Kier molecular flexibility index (Phi) is 10.2. The molecule has 0 unspecified atom stereocenters. The van der Waals surface area contributed by atoms with Crippen LogP contribution in [-0.2, 0) is 16.0 Å². The molecule has 3 aromatic heterocycles. The first-order valence-corrected chi connectivity index (χ1v) is 11.5. The molecule has 0 amide bonds. The third-order valence-electron chi connectivity index (χ3n) is 4.50. The van der Waals surface area contributed by atoms with E-state index < -0.39 is 36.4 Å². The Hall–Kier alpha value is -3.78. The van der Waals surface area contributed by atoms with Crippen LogP contribution in [0.4, 0.5) is 32.2 Å². The predicted octanol–water partition coefficient (Wildman–Crippen LogP) is 3.46. The minimum Gasteiger partial charge on any atom is -0.476 e. The molecule has 21 heteroatoms. The Bertz CT molecular complexity index is 1370. The van der Waals surface area contributed by atoms with Gasteiger partial charge in [0.1, 0.15) is 17.7 Å². The number of oxazole rings is 1. The van der Waals surface area contributed by atoms with Gasteiger partial charge in [-0.25, -0.2) is 24.4 Å². The topological polar surface area (TPSA) is 203 Å². The van der Waals surface area contributed by atoms with Gasteiger partial charge in [-0.15, -0.1) is 0 Å². The van der Waals surface area contributed by atoms with E-state index in [-0.39, 0.29) is 10.9 Å². The minimum atomic E-state index is -5.08. The molecule has 220 valence electrons. The summed E-state index contributed by atoms with van der Waals surface area (Å²) in [5.74, 6) is -6.07. The van der Waals surface area contributed by atoms with Crippen molar-refractivity contribution < 1.29 is 65.6 Å². The van der Waals surface area contributed by atoms with Gasteiger partial charge in [-0.3, -0.25) is 0 Å². The molecule has 1 aliphatic rings. The summed E-state index contributed by atoms with van der Waals surface area (Å²) < 4.78 is 68.6. The quantitative estimate of drug-likeness (QED) is 0.204. The van der Waals surface area contributed by atoms with Crippen molar-refractivity contribution in [2.75, 3.05) is 18.0 Å². The molecule has 0 atom stereocenters. The molecule has 3 aromatic rings.